The Bertz CT molecular complexity index is 120. The van der Waals surface area contributed by atoms with E-state index in [0.717, 1.165) is 23.9 Å². The van der Waals surface area contributed by atoms with Crippen LogP contribution in [0.25, 0.3) is 0 Å². The third-order valence-corrected chi connectivity index (χ3v) is 3.01. The lowest BCUT2D eigenvalue weighted by Gasteiger charge is -2.48. The second-order valence-corrected chi connectivity index (χ2v) is 4.02. The van der Waals surface area contributed by atoms with E-state index in [0.29, 0.717) is 0 Å². The molecule has 1 heterocycles. The number of hydrogen-bond donors (Lipinski definition) is 1. The molecule has 66 valence electrons. The molecule has 1 N–H and O–H groups in total. The first-order valence-corrected chi connectivity index (χ1v) is 4.96. The van der Waals surface area contributed by atoms with E-state index < -0.39 is 0 Å². The summed E-state index contributed by atoms with van der Waals surface area (Å²) < 4.78 is 0. The van der Waals surface area contributed by atoms with Crippen LogP contribution in [0, 0.1) is 11.8 Å². The summed E-state index contributed by atoms with van der Waals surface area (Å²) in [5.41, 5.74) is 0. The zero-order valence-corrected chi connectivity index (χ0v) is 8.22. The molecule has 0 aromatic rings. The Morgan fingerprint density at radius 2 is 1.82 bits per heavy atom. The Balaban J connectivity index is 2.39. The first kappa shape index (κ1) is 9.05. The van der Waals surface area contributed by atoms with Gasteiger partial charge in [0, 0.05) is 12.1 Å². The van der Waals surface area contributed by atoms with Gasteiger partial charge in [-0.1, -0.05) is 34.1 Å². The van der Waals surface area contributed by atoms with Crippen molar-refractivity contribution in [1.82, 2.24) is 5.32 Å². The highest BCUT2D eigenvalue weighted by molar-refractivity contribution is 4.97. The maximum absolute atomic E-state index is 3.63. The van der Waals surface area contributed by atoms with Crippen molar-refractivity contribution in [3.8, 4) is 0 Å². The molecule has 1 aliphatic rings. The fraction of sp³-hybridized carbons (Fsp3) is 1.00. The summed E-state index contributed by atoms with van der Waals surface area (Å²) >= 11 is 0. The van der Waals surface area contributed by atoms with Gasteiger partial charge in [0.15, 0.2) is 0 Å². The van der Waals surface area contributed by atoms with Crippen molar-refractivity contribution in [2.45, 2.75) is 52.6 Å². The Hall–Kier alpha value is -0.0400. The predicted octanol–water partition coefficient (Wildman–Crippen LogP) is 2.42. The van der Waals surface area contributed by atoms with Crippen LogP contribution in [-0.2, 0) is 0 Å². The van der Waals surface area contributed by atoms with Crippen molar-refractivity contribution in [3.05, 3.63) is 0 Å². The molecule has 1 aliphatic heterocycles. The summed E-state index contributed by atoms with van der Waals surface area (Å²) in [6.07, 6.45) is 2.64. The van der Waals surface area contributed by atoms with Gasteiger partial charge in [-0.15, -0.1) is 0 Å². The second kappa shape index (κ2) is 3.57. The number of hydrogen-bond acceptors (Lipinski definition) is 1. The molecule has 11 heavy (non-hydrogen) atoms. The minimum atomic E-state index is 0.796. The standard InChI is InChI=1S/C10H21N/c1-5-8-9(6-2)11-10(8)7(3)4/h7-11H,5-6H2,1-4H3/t8-,9?,10-/m1/s1. The molecule has 1 fully saturated rings. The lowest BCUT2D eigenvalue weighted by molar-refractivity contribution is 0.0959. The summed E-state index contributed by atoms with van der Waals surface area (Å²) in [5, 5.41) is 3.63. The van der Waals surface area contributed by atoms with E-state index in [1.165, 1.54) is 12.8 Å². The molecule has 0 bridgehead atoms. The fourth-order valence-corrected chi connectivity index (χ4v) is 2.27. The van der Waals surface area contributed by atoms with Crippen LogP contribution in [0.2, 0.25) is 0 Å². The van der Waals surface area contributed by atoms with Crippen molar-refractivity contribution in [3.63, 3.8) is 0 Å². The average Bonchev–Trinajstić information content (AvgIpc) is 1.86. The minimum absolute atomic E-state index is 0.796. The van der Waals surface area contributed by atoms with Crippen LogP contribution in [0.1, 0.15) is 40.5 Å². The molecular weight excluding hydrogens is 134 g/mol. The zero-order valence-electron chi connectivity index (χ0n) is 8.22. The molecule has 0 aromatic heterocycles. The topological polar surface area (TPSA) is 12.0 Å². The first-order chi connectivity index (χ1) is 5.20. The van der Waals surface area contributed by atoms with E-state index in [-0.39, 0.29) is 0 Å². The Morgan fingerprint density at radius 1 is 1.18 bits per heavy atom. The quantitative estimate of drug-likeness (QED) is 0.660. The Kier molecular flexibility index (Phi) is 2.94. The number of rotatable bonds is 3. The average molecular weight is 155 g/mol. The summed E-state index contributed by atoms with van der Waals surface area (Å²) in [6, 6.07) is 1.61. The molecule has 1 unspecified atom stereocenters. The molecule has 0 amide bonds. The van der Waals surface area contributed by atoms with Crippen molar-refractivity contribution in [1.29, 1.82) is 0 Å². The van der Waals surface area contributed by atoms with E-state index in [9.17, 15) is 0 Å². The highest BCUT2D eigenvalue weighted by atomic mass is 15.1. The maximum atomic E-state index is 3.63. The lowest BCUT2D eigenvalue weighted by atomic mass is 9.74. The van der Waals surface area contributed by atoms with Gasteiger partial charge in [0.1, 0.15) is 0 Å². The van der Waals surface area contributed by atoms with Crippen LogP contribution in [0.3, 0.4) is 0 Å². The maximum Gasteiger partial charge on any atom is 0.0136 e. The third-order valence-electron chi connectivity index (χ3n) is 3.01. The van der Waals surface area contributed by atoms with Crippen molar-refractivity contribution >= 4 is 0 Å². The normalized spacial score (nSPS) is 37.4. The van der Waals surface area contributed by atoms with Gasteiger partial charge in [0.25, 0.3) is 0 Å². The smallest absolute Gasteiger partial charge is 0.0136 e. The van der Waals surface area contributed by atoms with Crippen molar-refractivity contribution < 1.29 is 0 Å². The van der Waals surface area contributed by atoms with Crippen LogP contribution in [0.15, 0.2) is 0 Å². The highest BCUT2D eigenvalue weighted by Gasteiger charge is 2.38. The van der Waals surface area contributed by atoms with Crippen LogP contribution in [0.5, 0.6) is 0 Å². The van der Waals surface area contributed by atoms with E-state index in [1.807, 2.05) is 0 Å². The predicted molar refractivity (Wildman–Crippen MR) is 49.6 cm³/mol. The molecule has 0 aliphatic carbocycles. The highest BCUT2D eigenvalue weighted by Crippen LogP contribution is 2.30. The van der Waals surface area contributed by atoms with Crippen molar-refractivity contribution in [2.75, 3.05) is 0 Å². The molecule has 0 aromatic carbocycles. The molecule has 1 nitrogen and oxygen atoms in total. The summed E-state index contributed by atoms with van der Waals surface area (Å²) in [4.78, 5) is 0. The van der Waals surface area contributed by atoms with E-state index in [4.69, 9.17) is 0 Å². The molecule has 0 radical (unpaired) electrons. The molecule has 3 atom stereocenters. The van der Waals surface area contributed by atoms with Crippen LogP contribution >= 0.6 is 0 Å². The largest absolute Gasteiger partial charge is 0.310 e. The Labute approximate surface area is 70.6 Å². The van der Waals surface area contributed by atoms with Gasteiger partial charge >= 0.3 is 0 Å². The molecule has 0 spiro atoms. The van der Waals surface area contributed by atoms with Gasteiger partial charge in [-0.2, -0.15) is 0 Å². The second-order valence-electron chi connectivity index (χ2n) is 4.02. The molecule has 1 rings (SSSR count). The molecule has 1 saturated heterocycles. The molecule has 0 saturated carbocycles. The third kappa shape index (κ3) is 1.58. The lowest BCUT2D eigenvalue weighted by Crippen LogP contribution is -2.62. The molecule has 1 heteroatoms. The van der Waals surface area contributed by atoms with E-state index in [1.54, 1.807) is 0 Å². The summed E-state index contributed by atoms with van der Waals surface area (Å²) in [6.45, 7) is 9.21. The Morgan fingerprint density at radius 3 is 2.18 bits per heavy atom. The van der Waals surface area contributed by atoms with Crippen LogP contribution in [0.4, 0.5) is 0 Å². The monoisotopic (exact) mass is 155 g/mol. The summed E-state index contributed by atoms with van der Waals surface area (Å²) in [7, 11) is 0. The van der Waals surface area contributed by atoms with E-state index >= 15 is 0 Å². The van der Waals surface area contributed by atoms with Gasteiger partial charge in [0.05, 0.1) is 0 Å². The van der Waals surface area contributed by atoms with Crippen LogP contribution < -0.4 is 5.32 Å². The van der Waals surface area contributed by atoms with Gasteiger partial charge in [-0.25, -0.2) is 0 Å². The van der Waals surface area contributed by atoms with Crippen LogP contribution in [-0.4, -0.2) is 12.1 Å². The van der Waals surface area contributed by atoms with E-state index in [2.05, 4.69) is 33.0 Å². The van der Waals surface area contributed by atoms with Gasteiger partial charge in [-0.3, -0.25) is 0 Å². The fourth-order valence-electron chi connectivity index (χ4n) is 2.27. The first-order valence-electron chi connectivity index (χ1n) is 4.96. The number of nitrogens with one attached hydrogen (secondary N) is 1. The molecular formula is C10H21N. The zero-order chi connectivity index (χ0) is 8.43. The SMILES string of the molecule is CCC1N[C@H](C(C)C)[C@@H]1CC. The van der Waals surface area contributed by atoms with Gasteiger partial charge < -0.3 is 5.32 Å². The minimum Gasteiger partial charge on any atom is -0.310 e. The summed E-state index contributed by atoms with van der Waals surface area (Å²) in [5.74, 6) is 1.75. The van der Waals surface area contributed by atoms with Crippen molar-refractivity contribution in [2.24, 2.45) is 11.8 Å². The van der Waals surface area contributed by atoms with Gasteiger partial charge in [-0.05, 0) is 18.3 Å². The van der Waals surface area contributed by atoms with Gasteiger partial charge in [0.2, 0.25) is 0 Å².